The molecule has 1 amide bonds. The van der Waals surface area contributed by atoms with E-state index in [0.29, 0.717) is 30.9 Å². The van der Waals surface area contributed by atoms with Gasteiger partial charge in [0.05, 0.1) is 18.0 Å². The summed E-state index contributed by atoms with van der Waals surface area (Å²) in [6, 6.07) is 8.78. The Morgan fingerprint density at radius 3 is 2.78 bits per heavy atom. The van der Waals surface area contributed by atoms with Crippen LogP contribution in [0.5, 0.6) is 0 Å². The molecule has 3 rings (SSSR count). The van der Waals surface area contributed by atoms with Gasteiger partial charge < -0.3 is 10.2 Å². The van der Waals surface area contributed by atoms with Crippen LogP contribution in [0.4, 0.5) is 5.69 Å². The molecule has 0 aliphatic carbocycles. The van der Waals surface area contributed by atoms with Gasteiger partial charge in [-0.15, -0.1) is 12.4 Å². The summed E-state index contributed by atoms with van der Waals surface area (Å²) in [6.07, 6.45) is 4.56. The van der Waals surface area contributed by atoms with E-state index in [0.717, 1.165) is 17.4 Å². The first-order valence-corrected chi connectivity index (χ1v) is 10.2. The van der Waals surface area contributed by atoms with Crippen molar-refractivity contribution in [2.75, 3.05) is 30.6 Å². The number of pyridine rings is 1. The molecule has 1 unspecified atom stereocenters. The third-order valence-electron chi connectivity index (χ3n) is 4.35. The maximum Gasteiger partial charge on any atom is 0.254 e. The number of rotatable bonds is 4. The molecular weight excluding hydrogens is 388 g/mol. The minimum absolute atomic E-state index is 0. The number of aryl methyl sites for hydroxylation is 1. The molecule has 1 atom stereocenters. The number of piperazine rings is 1. The Hall–Kier alpha value is -2.16. The van der Waals surface area contributed by atoms with Gasteiger partial charge in [0, 0.05) is 37.6 Å². The van der Waals surface area contributed by atoms with Crippen LogP contribution in [0.2, 0.25) is 0 Å². The molecule has 0 spiro atoms. The lowest BCUT2D eigenvalue weighted by molar-refractivity contribution is 0.0634. The van der Waals surface area contributed by atoms with Crippen LogP contribution in [0.3, 0.4) is 0 Å². The molecule has 1 aliphatic heterocycles. The number of sulfonamides is 1. The SMILES string of the molecule is Cc1ccc(C(=O)N2CCNCC2c2cccnc2)cc1NS(C)(=O)=O.Cl. The van der Waals surface area contributed by atoms with Crippen molar-refractivity contribution in [3.8, 4) is 0 Å². The molecule has 27 heavy (non-hydrogen) atoms. The molecule has 146 valence electrons. The average molecular weight is 411 g/mol. The third-order valence-corrected chi connectivity index (χ3v) is 4.94. The van der Waals surface area contributed by atoms with Crippen molar-refractivity contribution in [2.24, 2.45) is 0 Å². The number of hydrogen-bond acceptors (Lipinski definition) is 5. The van der Waals surface area contributed by atoms with Gasteiger partial charge in [-0.1, -0.05) is 12.1 Å². The molecule has 0 saturated carbocycles. The van der Waals surface area contributed by atoms with Gasteiger partial charge in [0.1, 0.15) is 0 Å². The van der Waals surface area contributed by atoms with E-state index in [-0.39, 0.29) is 24.4 Å². The lowest BCUT2D eigenvalue weighted by Gasteiger charge is -2.36. The second-order valence-corrected chi connectivity index (χ2v) is 8.16. The molecular formula is C18H23ClN4O3S. The zero-order chi connectivity index (χ0) is 18.7. The lowest BCUT2D eigenvalue weighted by atomic mass is 10.0. The second-order valence-electron chi connectivity index (χ2n) is 6.41. The number of anilines is 1. The van der Waals surface area contributed by atoms with E-state index >= 15 is 0 Å². The van der Waals surface area contributed by atoms with Crippen molar-refractivity contribution in [3.05, 3.63) is 59.4 Å². The maximum absolute atomic E-state index is 13.1. The number of benzene rings is 1. The van der Waals surface area contributed by atoms with Gasteiger partial charge in [-0.3, -0.25) is 14.5 Å². The van der Waals surface area contributed by atoms with Gasteiger partial charge >= 0.3 is 0 Å². The molecule has 1 aromatic heterocycles. The molecule has 9 heteroatoms. The molecule has 0 bridgehead atoms. The van der Waals surface area contributed by atoms with Crippen LogP contribution in [-0.2, 0) is 10.0 Å². The van der Waals surface area contributed by atoms with Crippen LogP contribution in [0.1, 0.15) is 27.5 Å². The van der Waals surface area contributed by atoms with Crippen LogP contribution >= 0.6 is 12.4 Å². The summed E-state index contributed by atoms with van der Waals surface area (Å²) < 4.78 is 25.6. The number of amides is 1. The summed E-state index contributed by atoms with van der Waals surface area (Å²) in [5.74, 6) is -0.128. The largest absolute Gasteiger partial charge is 0.329 e. The molecule has 1 aromatic carbocycles. The van der Waals surface area contributed by atoms with E-state index in [1.165, 1.54) is 0 Å². The number of nitrogens with one attached hydrogen (secondary N) is 2. The summed E-state index contributed by atoms with van der Waals surface area (Å²) in [5.41, 5.74) is 2.61. The fraction of sp³-hybridized carbons (Fsp3) is 0.333. The molecule has 1 fully saturated rings. The Balaban J connectivity index is 0.00000261. The zero-order valence-corrected chi connectivity index (χ0v) is 16.8. The van der Waals surface area contributed by atoms with Crippen LogP contribution in [-0.4, -0.2) is 50.1 Å². The van der Waals surface area contributed by atoms with Crippen LogP contribution in [0.25, 0.3) is 0 Å². The first kappa shape index (κ1) is 21.1. The minimum atomic E-state index is -3.41. The first-order valence-electron chi connectivity index (χ1n) is 8.35. The van der Waals surface area contributed by atoms with E-state index in [1.807, 2.05) is 17.0 Å². The normalized spacial score (nSPS) is 17.1. The minimum Gasteiger partial charge on any atom is -0.329 e. The highest BCUT2D eigenvalue weighted by molar-refractivity contribution is 7.92. The van der Waals surface area contributed by atoms with Gasteiger partial charge in [0.2, 0.25) is 10.0 Å². The molecule has 2 N–H and O–H groups in total. The molecule has 1 saturated heterocycles. The predicted octanol–water partition coefficient (Wildman–Crippen LogP) is 1.97. The topological polar surface area (TPSA) is 91.4 Å². The standard InChI is InChI=1S/C18H22N4O3S.ClH/c1-13-5-6-14(10-16(13)21-26(2,24)25)18(23)22-9-8-20-12-17(22)15-4-3-7-19-11-15;/h3-7,10-11,17,20-21H,8-9,12H2,1-2H3;1H. The highest BCUT2D eigenvalue weighted by atomic mass is 35.5. The predicted molar refractivity (Wildman–Crippen MR) is 108 cm³/mol. The van der Waals surface area contributed by atoms with Crippen LogP contribution in [0.15, 0.2) is 42.7 Å². The number of nitrogens with zero attached hydrogens (tertiary/aromatic N) is 2. The summed E-state index contributed by atoms with van der Waals surface area (Å²) in [7, 11) is -3.41. The van der Waals surface area contributed by atoms with Crippen LogP contribution in [0, 0.1) is 6.92 Å². The van der Waals surface area contributed by atoms with Crippen molar-refractivity contribution in [1.82, 2.24) is 15.2 Å². The fourth-order valence-corrected chi connectivity index (χ4v) is 3.67. The molecule has 2 heterocycles. The smallest absolute Gasteiger partial charge is 0.254 e. The number of carbonyl (C=O) groups excluding carboxylic acids is 1. The Labute approximate surface area is 165 Å². The molecule has 7 nitrogen and oxygen atoms in total. The van der Waals surface area contributed by atoms with Crippen molar-refractivity contribution in [1.29, 1.82) is 0 Å². The van der Waals surface area contributed by atoms with E-state index in [2.05, 4.69) is 15.0 Å². The van der Waals surface area contributed by atoms with Crippen molar-refractivity contribution >= 4 is 34.0 Å². The van der Waals surface area contributed by atoms with E-state index in [1.54, 1.807) is 37.5 Å². The number of hydrogen-bond donors (Lipinski definition) is 2. The number of halogens is 1. The van der Waals surface area contributed by atoms with Gasteiger partial charge in [0.25, 0.3) is 5.91 Å². The van der Waals surface area contributed by atoms with Crippen molar-refractivity contribution < 1.29 is 13.2 Å². The van der Waals surface area contributed by atoms with Gasteiger partial charge in [-0.05, 0) is 36.2 Å². The van der Waals surface area contributed by atoms with Gasteiger partial charge in [0.15, 0.2) is 0 Å². The highest BCUT2D eigenvalue weighted by Gasteiger charge is 2.29. The third kappa shape index (κ3) is 5.18. The second kappa shape index (κ2) is 8.69. The summed E-state index contributed by atoms with van der Waals surface area (Å²) in [4.78, 5) is 19.1. The molecule has 0 radical (unpaired) electrons. The monoisotopic (exact) mass is 410 g/mol. The van der Waals surface area contributed by atoms with E-state index < -0.39 is 10.0 Å². The Morgan fingerprint density at radius 2 is 2.11 bits per heavy atom. The summed E-state index contributed by atoms with van der Waals surface area (Å²) in [6.45, 7) is 3.73. The molecule has 2 aromatic rings. The van der Waals surface area contributed by atoms with Gasteiger partial charge in [-0.2, -0.15) is 0 Å². The summed E-state index contributed by atoms with van der Waals surface area (Å²) >= 11 is 0. The van der Waals surface area contributed by atoms with Crippen molar-refractivity contribution in [2.45, 2.75) is 13.0 Å². The van der Waals surface area contributed by atoms with E-state index in [9.17, 15) is 13.2 Å². The van der Waals surface area contributed by atoms with Crippen molar-refractivity contribution in [3.63, 3.8) is 0 Å². The highest BCUT2D eigenvalue weighted by Crippen LogP contribution is 2.25. The number of carbonyl (C=O) groups is 1. The first-order chi connectivity index (χ1) is 12.3. The van der Waals surface area contributed by atoms with Crippen LogP contribution < -0.4 is 10.0 Å². The Kier molecular flexibility index (Phi) is 6.80. The quantitative estimate of drug-likeness (QED) is 0.804. The van der Waals surface area contributed by atoms with E-state index in [4.69, 9.17) is 0 Å². The van der Waals surface area contributed by atoms with Gasteiger partial charge in [-0.25, -0.2) is 8.42 Å². The fourth-order valence-electron chi connectivity index (χ4n) is 3.05. The Morgan fingerprint density at radius 1 is 1.33 bits per heavy atom. The summed E-state index contributed by atoms with van der Waals surface area (Å²) in [5, 5.41) is 3.31. The lowest BCUT2D eigenvalue weighted by Crippen LogP contribution is -2.48. The average Bonchev–Trinajstić information content (AvgIpc) is 2.62. The Bertz CT molecular complexity index is 906. The zero-order valence-electron chi connectivity index (χ0n) is 15.2. The number of aromatic nitrogens is 1. The maximum atomic E-state index is 13.1. The molecule has 1 aliphatic rings.